The van der Waals surface area contributed by atoms with Crippen LogP contribution in [0.4, 0.5) is 10.5 Å². The van der Waals surface area contributed by atoms with Crippen LogP contribution in [0.1, 0.15) is 12.8 Å². The number of nitrogens with one attached hydrogen (secondary N) is 1. The lowest BCUT2D eigenvalue weighted by Crippen LogP contribution is -2.44. The maximum absolute atomic E-state index is 12.4. The summed E-state index contributed by atoms with van der Waals surface area (Å²) >= 11 is 0. The molecule has 2 amide bonds. The Morgan fingerprint density at radius 2 is 1.60 bits per heavy atom. The number of rotatable bonds is 5. The van der Waals surface area contributed by atoms with Crippen molar-refractivity contribution < 1.29 is 27.4 Å². The van der Waals surface area contributed by atoms with Crippen molar-refractivity contribution in [2.45, 2.75) is 18.1 Å². The third-order valence-electron chi connectivity index (χ3n) is 4.25. The molecular weight excluding hydrogens is 348 g/mol. The average Bonchev–Trinajstić information content (AvgIpc) is 2.60. The lowest BCUT2D eigenvalue weighted by molar-refractivity contribution is 0.200. The first-order chi connectivity index (χ1) is 11.8. The van der Waals surface area contributed by atoms with Gasteiger partial charge in [0.1, 0.15) is 9.84 Å². The minimum atomic E-state index is -3.06. The third kappa shape index (κ3) is 4.47. The number of urea groups is 1. The van der Waals surface area contributed by atoms with Gasteiger partial charge in [0, 0.05) is 31.5 Å². The molecule has 0 atom stereocenters. The van der Waals surface area contributed by atoms with Crippen LogP contribution in [0, 0.1) is 0 Å². The minimum Gasteiger partial charge on any atom is -0.493 e. The van der Waals surface area contributed by atoms with Gasteiger partial charge in [0.15, 0.2) is 11.5 Å². The van der Waals surface area contributed by atoms with E-state index in [1.165, 1.54) is 27.6 Å². The Kier molecular flexibility index (Phi) is 5.99. The van der Waals surface area contributed by atoms with Crippen molar-refractivity contribution in [2.75, 3.05) is 46.0 Å². The number of amides is 2. The molecule has 1 aromatic rings. The molecule has 0 aliphatic carbocycles. The van der Waals surface area contributed by atoms with Gasteiger partial charge in [-0.05, 0) is 12.8 Å². The van der Waals surface area contributed by atoms with Crippen molar-refractivity contribution in [1.82, 2.24) is 4.90 Å². The molecule has 8 nitrogen and oxygen atoms in total. The molecule has 1 aromatic carbocycles. The molecule has 1 heterocycles. The van der Waals surface area contributed by atoms with Gasteiger partial charge in [-0.3, -0.25) is 0 Å². The molecule has 1 fully saturated rings. The third-order valence-corrected chi connectivity index (χ3v) is 5.93. The topological polar surface area (TPSA) is 94.2 Å². The second-order valence-electron chi connectivity index (χ2n) is 5.86. The Hall–Kier alpha value is -2.16. The summed E-state index contributed by atoms with van der Waals surface area (Å²) in [5.74, 6) is 1.32. The van der Waals surface area contributed by atoms with Crippen molar-refractivity contribution in [2.24, 2.45) is 0 Å². The van der Waals surface area contributed by atoms with Crippen molar-refractivity contribution in [3.8, 4) is 17.2 Å². The molecule has 1 saturated heterocycles. The number of piperidine rings is 1. The molecule has 25 heavy (non-hydrogen) atoms. The van der Waals surface area contributed by atoms with Crippen molar-refractivity contribution in [3.63, 3.8) is 0 Å². The molecule has 0 bridgehead atoms. The number of anilines is 1. The number of likely N-dealkylation sites (tertiary alicyclic amines) is 1. The zero-order valence-electron chi connectivity index (χ0n) is 14.9. The fourth-order valence-corrected chi connectivity index (χ4v) is 3.91. The van der Waals surface area contributed by atoms with E-state index in [2.05, 4.69) is 5.32 Å². The Bertz CT molecular complexity index is 701. The van der Waals surface area contributed by atoms with E-state index in [1.54, 1.807) is 17.0 Å². The molecule has 9 heteroatoms. The molecule has 2 rings (SSSR count). The summed E-state index contributed by atoms with van der Waals surface area (Å²) < 4.78 is 39.0. The molecule has 0 aromatic heterocycles. The van der Waals surface area contributed by atoms with Crippen molar-refractivity contribution in [3.05, 3.63) is 12.1 Å². The summed E-state index contributed by atoms with van der Waals surface area (Å²) in [5.41, 5.74) is 0.504. The minimum absolute atomic E-state index is 0.291. The summed E-state index contributed by atoms with van der Waals surface area (Å²) in [6.45, 7) is 0.794. The van der Waals surface area contributed by atoms with Gasteiger partial charge < -0.3 is 24.4 Å². The van der Waals surface area contributed by atoms with E-state index in [0.29, 0.717) is 48.9 Å². The smallest absolute Gasteiger partial charge is 0.321 e. The fraction of sp³-hybridized carbons (Fsp3) is 0.562. The Labute approximate surface area is 148 Å². The zero-order chi connectivity index (χ0) is 18.6. The number of nitrogens with zero attached hydrogens (tertiary/aromatic N) is 1. The molecular formula is C16H24N2O6S. The van der Waals surface area contributed by atoms with Crippen LogP contribution in [0.5, 0.6) is 17.2 Å². The molecule has 1 aliphatic rings. The molecule has 1 aliphatic heterocycles. The second kappa shape index (κ2) is 7.81. The van der Waals surface area contributed by atoms with Gasteiger partial charge in [-0.25, -0.2) is 13.2 Å². The van der Waals surface area contributed by atoms with Crippen LogP contribution >= 0.6 is 0 Å². The standard InChI is InChI=1S/C16H24N2O6S/c1-22-13-9-11(10-14(23-2)15(13)24-3)17-16(19)18-7-5-12(6-8-18)25(4,20)21/h9-10,12H,5-8H2,1-4H3,(H,17,19). The van der Waals surface area contributed by atoms with Crippen LogP contribution in [0.25, 0.3) is 0 Å². The lowest BCUT2D eigenvalue weighted by atomic mass is 10.1. The molecule has 0 spiro atoms. The molecule has 0 unspecified atom stereocenters. The number of hydrogen-bond donors (Lipinski definition) is 1. The normalized spacial score (nSPS) is 15.6. The van der Waals surface area contributed by atoms with Crippen LogP contribution in [0.2, 0.25) is 0 Å². The first-order valence-corrected chi connectivity index (χ1v) is 9.80. The number of hydrogen-bond acceptors (Lipinski definition) is 6. The quantitative estimate of drug-likeness (QED) is 0.846. The van der Waals surface area contributed by atoms with Crippen LogP contribution in [-0.4, -0.2) is 65.3 Å². The Balaban J connectivity index is 2.08. The van der Waals surface area contributed by atoms with Gasteiger partial charge in [0.2, 0.25) is 5.75 Å². The largest absolute Gasteiger partial charge is 0.493 e. The first-order valence-electron chi connectivity index (χ1n) is 7.85. The summed E-state index contributed by atoms with van der Waals surface area (Å²) in [7, 11) is 1.44. The van der Waals surface area contributed by atoms with Crippen LogP contribution in [-0.2, 0) is 9.84 Å². The highest BCUT2D eigenvalue weighted by atomic mass is 32.2. The monoisotopic (exact) mass is 372 g/mol. The van der Waals surface area contributed by atoms with E-state index in [1.807, 2.05) is 0 Å². The van der Waals surface area contributed by atoms with Gasteiger partial charge in [0.25, 0.3) is 0 Å². The SMILES string of the molecule is COc1cc(NC(=O)N2CCC(S(C)(=O)=O)CC2)cc(OC)c1OC. The highest BCUT2D eigenvalue weighted by Gasteiger charge is 2.29. The number of sulfone groups is 1. The van der Waals surface area contributed by atoms with E-state index < -0.39 is 9.84 Å². The Morgan fingerprint density at radius 1 is 1.08 bits per heavy atom. The van der Waals surface area contributed by atoms with Crippen molar-refractivity contribution >= 4 is 21.6 Å². The number of benzene rings is 1. The summed E-state index contributed by atoms with van der Waals surface area (Å²) in [6.07, 6.45) is 2.13. The maximum Gasteiger partial charge on any atom is 0.321 e. The van der Waals surface area contributed by atoms with Gasteiger partial charge in [-0.15, -0.1) is 0 Å². The van der Waals surface area contributed by atoms with Crippen LogP contribution in [0.15, 0.2) is 12.1 Å². The predicted octanol–water partition coefficient (Wildman–Crippen LogP) is 1.75. The van der Waals surface area contributed by atoms with E-state index >= 15 is 0 Å². The van der Waals surface area contributed by atoms with E-state index in [-0.39, 0.29) is 11.3 Å². The average molecular weight is 372 g/mol. The highest BCUT2D eigenvalue weighted by molar-refractivity contribution is 7.91. The Morgan fingerprint density at radius 3 is 2.00 bits per heavy atom. The number of carbonyl (C=O) groups is 1. The maximum atomic E-state index is 12.4. The van der Waals surface area contributed by atoms with E-state index in [4.69, 9.17) is 14.2 Å². The number of carbonyl (C=O) groups excluding carboxylic acids is 1. The van der Waals surface area contributed by atoms with E-state index in [9.17, 15) is 13.2 Å². The summed E-state index contributed by atoms with van der Waals surface area (Å²) in [4.78, 5) is 14.0. The molecule has 1 N–H and O–H groups in total. The zero-order valence-corrected chi connectivity index (χ0v) is 15.7. The van der Waals surface area contributed by atoms with Gasteiger partial charge in [-0.1, -0.05) is 0 Å². The summed E-state index contributed by atoms with van der Waals surface area (Å²) in [5, 5.41) is 2.41. The second-order valence-corrected chi connectivity index (χ2v) is 8.19. The highest BCUT2D eigenvalue weighted by Crippen LogP contribution is 2.40. The van der Waals surface area contributed by atoms with Crippen molar-refractivity contribution in [1.29, 1.82) is 0 Å². The van der Waals surface area contributed by atoms with E-state index in [0.717, 1.165) is 0 Å². The number of ether oxygens (including phenoxy) is 3. The first kappa shape index (κ1) is 19.2. The molecule has 0 saturated carbocycles. The predicted molar refractivity (Wildman–Crippen MR) is 94.6 cm³/mol. The van der Waals surface area contributed by atoms with Gasteiger partial charge in [-0.2, -0.15) is 0 Å². The molecule has 140 valence electrons. The van der Waals surface area contributed by atoms with Gasteiger partial charge in [0.05, 0.1) is 32.3 Å². The van der Waals surface area contributed by atoms with Crippen LogP contribution in [0.3, 0.4) is 0 Å². The lowest BCUT2D eigenvalue weighted by Gasteiger charge is -2.31. The summed E-state index contributed by atoms with van der Waals surface area (Å²) in [6, 6.07) is 2.99. The molecule has 0 radical (unpaired) electrons. The van der Waals surface area contributed by atoms with Crippen LogP contribution < -0.4 is 19.5 Å². The fourth-order valence-electron chi connectivity index (χ4n) is 2.84. The number of methoxy groups -OCH3 is 3. The van der Waals surface area contributed by atoms with Gasteiger partial charge >= 0.3 is 6.03 Å².